The molecule has 17 heavy (non-hydrogen) atoms. The Balaban J connectivity index is 3.24. The largest absolute Gasteiger partial charge is 0.462 e. The van der Waals surface area contributed by atoms with E-state index in [1.165, 1.54) is 6.92 Å². The van der Waals surface area contributed by atoms with E-state index in [-0.39, 0.29) is 12.3 Å². The van der Waals surface area contributed by atoms with Gasteiger partial charge < -0.3 is 15.2 Å². The molecule has 0 heterocycles. The lowest BCUT2D eigenvalue weighted by Crippen LogP contribution is -2.14. The van der Waals surface area contributed by atoms with Gasteiger partial charge in [-0.05, 0) is 19.1 Å². The molecule has 4 nitrogen and oxygen atoms in total. The topological polar surface area (TPSA) is 61.5 Å². The van der Waals surface area contributed by atoms with Crippen molar-refractivity contribution in [1.29, 1.82) is 0 Å². The Bertz CT molecular complexity index is 424. The zero-order chi connectivity index (χ0) is 13.0. The first-order chi connectivity index (χ1) is 7.97. The number of nitrogen functional groups attached to an aromatic ring is 1. The Labute approximate surface area is 95.1 Å². The molecule has 94 valence electrons. The van der Waals surface area contributed by atoms with Crippen LogP contribution < -0.4 is 10.5 Å². The van der Waals surface area contributed by atoms with Crippen molar-refractivity contribution >= 4 is 11.7 Å². The molecule has 0 aliphatic carbocycles. The lowest BCUT2D eigenvalue weighted by Gasteiger charge is -2.12. The molecular weight excluding hydrogens is 239 g/mol. The van der Waals surface area contributed by atoms with E-state index < -0.39 is 29.7 Å². The standard InChI is InChI=1S/C10H10F3NO3/c1-2-16-9(15)7-6(14)4-3-5(11)8(7)17-10(12)13/h3-4,10H,2,14H2,1H3. The van der Waals surface area contributed by atoms with Crippen molar-refractivity contribution < 1.29 is 27.4 Å². The number of hydrogen-bond acceptors (Lipinski definition) is 4. The zero-order valence-corrected chi connectivity index (χ0v) is 8.88. The number of benzene rings is 1. The molecule has 0 aliphatic heterocycles. The van der Waals surface area contributed by atoms with Gasteiger partial charge in [-0.3, -0.25) is 0 Å². The lowest BCUT2D eigenvalue weighted by molar-refractivity contribution is -0.0527. The number of nitrogens with two attached hydrogens (primary N) is 1. The van der Waals surface area contributed by atoms with Gasteiger partial charge in [0, 0.05) is 0 Å². The highest BCUT2D eigenvalue weighted by molar-refractivity contribution is 5.98. The molecule has 1 rings (SSSR count). The predicted molar refractivity (Wildman–Crippen MR) is 53.4 cm³/mol. The molecule has 0 amide bonds. The third-order valence-corrected chi connectivity index (χ3v) is 1.83. The van der Waals surface area contributed by atoms with Crippen LogP contribution in [0, 0.1) is 5.82 Å². The molecule has 0 bridgehead atoms. The van der Waals surface area contributed by atoms with Crippen LogP contribution >= 0.6 is 0 Å². The number of carbonyl (C=O) groups is 1. The number of hydrogen-bond donors (Lipinski definition) is 1. The molecule has 1 aromatic rings. The lowest BCUT2D eigenvalue weighted by atomic mass is 10.1. The SMILES string of the molecule is CCOC(=O)c1c(N)ccc(F)c1OC(F)F. The minimum absolute atomic E-state index is 0.00288. The normalized spacial score (nSPS) is 10.4. The number of rotatable bonds is 4. The van der Waals surface area contributed by atoms with E-state index in [0.717, 1.165) is 12.1 Å². The third kappa shape index (κ3) is 3.02. The molecule has 0 aliphatic rings. The van der Waals surface area contributed by atoms with Crippen LogP contribution in [0.25, 0.3) is 0 Å². The quantitative estimate of drug-likeness (QED) is 0.656. The van der Waals surface area contributed by atoms with Crippen LogP contribution in [0.15, 0.2) is 12.1 Å². The zero-order valence-electron chi connectivity index (χ0n) is 8.88. The van der Waals surface area contributed by atoms with Crippen LogP contribution in [0.1, 0.15) is 17.3 Å². The Morgan fingerprint density at radius 2 is 2.12 bits per heavy atom. The van der Waals surface area contributed by atoms with Crippen molar-refractivity contribution in [2.45, 2.75) is 13.5 Å². The summed E-state index contributed by atoms with van der Waals surface area (Å²) in [5, 5.41) is 0. The molecule has 1 aromatic carbocycles. The number of carbonyl (C=O) groups excluding carboxylic acids is 1. The minimum atomic E-state index is -3.26. The Kier molecular flexibility index (Phi) is 4.19. The Hall–Kier alpha value is -1.92. The summed E-state index contributed by atoms with van der Waals surface area (Å²) in [6, 6.07) is 1.90. The van der Waals surface area contributed by atoms with Crippen molar-refractivity contribution in [1.82, 2.24) is 0 Å². The number of ether oxygens (including phenoxy) is 2. The molecule has 0 saturated heterocycles. The molecular formula is C10H10F3NO3. The molecule has 0 radical (unpaired) electrons. The molecule has 0 atom stereocenters. The number of esters is 1. The summed E-state index contributed by atoms with van der Waals surface area (Å²) in [6.07, 6.45) is 0. The third-order valence-electron chi connectivity index (χ3n) is 1.83. The Morgan fingerprint density at radius 1 is 1.47 bits per heavy atom. The molecule has 0 aromatic heterocycles. The average molecular weight is 249 g/mol. The van der Waals surface area contributed by atoms with E-state index in [1.807, 2.05) is 0 Å². The summed E-state index contributed by atoms with van der Waals surface area (Å²) in [7, 11) is 0. The van der Waals surface area contributed by atoms with E-state index in [4.69, 9.17) is 5.73 Å². The molecule has 0 unspecified atom stereocenters. The fourth-order valence-corrected chi connectivity index (χ4v) is 1.19. The smallest absolute Gasteiger partial charge is 0.387 e. The van der Waals surface area contributed by atoms with Crippen molar-refractivity contribution in [2.75, 3.05) is 12.3 Å². The van der Waals surface area contributed by atoms with Gasteiger partial charge in [0.15, 0.2) is 11.6 Å². The van der Waals surface area contributed by atoms with Gasteiger partial charge in [0.05, 0.1) is 12.3 Å². The first-order valence-electron chi connectivity index (χ1n) is 4.67. The van der Waals surface area contributed by atoms with E-state index in [0.29, 0.717) is 0 Å². The van der Waals surface area contributed by atoms with Crippen molar-refractivity contribution in [2.24, 2.45) is 0 Å². The highest BCUT2D eigenvalue weighted by atomic mass is 19.3. The van der Waals surface area contributed by atoms with Crippen LogP contribution in [0.4, 0.5) is 18.9 Å². The van der Waals surface area contributed by atoms with Gasteiger partial charge in [0.25, 0.3) is 0 Å². The van der Waals surface area contributed by atoms with Crippen LogP contribution in [0.5, 0.6) is 5.75 Å². The maximum atomic E-state index is 13.3. The fraction of sp³-hybridized carbons (Fsp3) is 0.300. The fourth-order valence-electron chi connectivity index (χ4n) is 1.19. The maximum Gasteiger partial charge on any atom is 0.387 e. The number of anilines is 1. The minimum Gasteiger partial charge on any atom is -0.462 e. The van der Waals surface area contributed by atoms with Gasteiger partial charge in [0.2, 0.25) is 0 Å². The predicted octanol–water partition coefficient (Wildman–Crippen LogP) is 2.19. The van der Waals surface area contributed by atoms with Crippen molar-refractivity contribution in [3.8, 4) is 5.75 Å². The van der Waals surface area contributed by atoms with Crippen LogP contribution in [-0.4, -0.2) is 19.2 Å². The van der Waals surface area contributed by atoms with E-state index >= 15 is 0 Å². The highest BCUT2D eigenvalue weighted by Gasteiger charge is 2.23. The second-order valence-corrected chi connectivity index (χ2v) is 2.94. The summed E-state index contributed by atoms with van der Waals surface area (Å²) in [5.41, 5.74) is 4.68. The first kappa shape index (κ1) is 13.1. The summed E-state index contributed by atoms with van der Waals surface area (Å²) < 4.78 is 45.9. The van der Waals surface area contributed by atoms with E-state index in [2.05, 4.69) is 9.47 Å². The summed E-state index contributed by atoms with van der Waals surface area (Å²) in [4.78, 5) is 11.4. The molecule has 0 spiro atoms. The Morgan fingerprint density at radius 3 is 2.65 bits per heavy atom. The summed E-state index contributed by atoms with van der Waals surface area (Å²) in [5.74, 6) is -3.03. The molecule has 7 heteroatoms. The molecule has 0 fully saturated rings. The van der Waals surface area contributed by atoms with Gasteiger partial charge in [-0.25, -0.2) is 9.18 Å². The van der Waals surface area contributed by atoms with Gasteiger partial charge in [-0.1, -0.05) is 0 Å². The number of alkyl halides is 2. The average Bonchev–Trinajstić information content (AvgIpc) is 2.23. The monoisotopic (exact) mass is 249 g/mol. The van der Waals surface area contributed by atoms with Gasteiger partial charge in [-0.15, -0.1) is 0 Å². The number of halogens is 3. The van der Waals surface area contributed by atoms with E-state index in [1.54, 1.807) is 0 Å². The molecule has 0 saturated carbocycles. The van der Waals surface area contributed by atoms with Crippen LogP contribution in [0.2, 0.25) is 0 Å². The second-order valence-electron chi connectivity index (χ2n) is 2.94. The van der Waals surface area contributed by atoms with Gasteiger partial charge >= 0.3 is 12.6 Å². The molecule has 2 N–H and O–H groups in total. The summed E-state index contributed by atoms with van der Waals surface area (Å²) in [6.45, 7) is -1.75. The van der Waals surface area contributed by atoms with Crippen molar-refractivity contribution in [3.63, 3.8) is 0 Å². The van der Waals surface area contributed by atoms with Gasteiger partial charge in [0.1, 0.15) is 5.56 Å². The summed E-state index contributed by atoms with van der Waals surface area (Å²) >= 11 is 0. The first-order valence-corrected chi connectivity index (χ1v) is 4.67. The maximum absolute atomic E-state index is 13.3. The van der Waals surface area contributed by atoms with Crippen LogP contribution in [0.3, 0.4) is 0 Å². The van der Waals surface area contributed by atoms with Gasteiger partial charge in [-0.2, -0.15) is 8.78 Å². The van der Waals surface area contributed by atoms with E-state index in [9.17, 15) is 18.0 Å². The van der Waals surface area contributed by atoms with Crippen LogP contribution in [-0.2, 0) is 4.74 Å². The highest BCUT2D eigenvalue weighted by Crippen LogP contribution is 2.30. The second kappa shape index (κ2) is 5.42. The van der Waals surface area contributed by atoms with Crippen molar-refractivity contribution in [3.05, 3.63) is 23.5 Å².